The van der Waals surface area contributed by atoms with Crippen molar-refractivity contribution >= 4 is 13.9 Å². The van der Waals surface area contributed by atoms with E-state index < -0.39 is 8.32 Å². The van der Waals surface area contributed by atoms with Crippen LogP contribution in [0.4, 0.5) is 0 Å². The van der Waals surface area contributed by atoms with E-state index in [1.807, 2.05) is 19.1 Å². The van der Waals surface area contributed by atoms with E-state index in [1.165, 1.54) is 0 Å². The van der Waals surface area contributed by atoms with Crippen LogP contribution in [0.25, 0.3) is 5.57 Å². The summed E-state index contributed by atoms with van der Waals surface area (Å²) in [4.78, 5) is 0. The van der Waals surface area contributed by atoms with Crippen LogP contribution in [0.5, 0.6) is 5.75 Å². The molecule has 94 valence electrons. The molecule has 0 N–H and O–H groups in total. The third-order valence-electron chi connectivity index (χ3n) is 3.51. The van der Waals surface area contributed by atoms with Crippen molar-refractivity contribution in [1.29, 1.82) is 0 Å². The first-order valence-electron chi connectivity index (χ1n) is 6.08. The van der Waals surface area contributed by atoms with Crippen molar-refractivity contribution in [3.05, 3.63) is 36.4 Å². The maximum absolute atomic E-state index is 6.25. The lowest BCUT2D eigenvalue weighted by Gasteiger charge is -2.36. The highest BCUT2D eigenvalue weighted by Crippen LogP contribution is 2.37. The van der Waals surface area contributed by atoms with Gasteiger partial charge in [0, 0.05) is 0 Å². The molecule has 1 aromatic rings. The van der Waals surface area contributed by atoms with E-state index in [9.17, 15) is 0 Å². The fraction of sp³-hybridized carbons (Fsp3) is 0.467. The quantitative estimate of drug-likeness (QED) is 0.676. The summed E-state index contributed by atoms with van der Waals surface area (Å²) in [6, 6.07) is 8.23. The second-order valence-electron chi connectivity index (χ2n) is 6.17. The van der Waals surface area contributed by atoms with Crippen molar-refractivity contribution in [2.45, 2.75) is 45.8 Å². The Morgan fingerprint density at radius 1 is 1.24 bits per heavy atom. The lowest BCUT2D eigenvalue weighted by molar-refractivity contribution is 0.492. The molecule has 0 amide bonds. The Labute approximate surface area is 107 Å². The minimum atomic E-state index is -1.73. The zero-order valence-electron chi connectivity index (χ0n) is 11.9. The molecule has 0 bridgehead atoms. The van der Waals surface area contributed by atoms with Gasteiger partial charge in [-0.05, 0) is 42.8 Å². The average molecular weight is 248 g/mol. The molecule has 1 rings (SSSR count). The third-order valence-corrected chi connectivity index (χ3v) is 7.86. The van der Waals surface area contributed by atoms with Gasteiger partial charge in [0.05, 0.1) is 0 Å². The van der Waals surface area contributed by atoms with Crippen molar-refractivity contribution in [3.8, 4) is 5.75 Å². The molecule has 0 fully saturated rings. The summed E-state index contributed by atoms with van der Waals surface area (Å²) in [6.07, 6.45) is 0. The molecular formula is C15H24OSi. The Balaban J connectivity index is 2.96. The minimum absolute atomic E-state index is 0.228. The smallest absolute Gasteiger partial charge is 0.250 e. The first-order valence-corrected chi connectivity index (χ1v) is 8.99. The van der Waals surface area contributed by atoms with Crippen molar-refractivity contribution in [3.63, 3.8) is 0 Å². The highest BCUT2D eigenvalue weighted by Gasteiger charge is 2.38. The lowest BCUT2D eigenvalue weighted by atomic mass is 10.1. The lowest BCUT2D eigenvalue weighted by Crippen LogP contribution is -2.43. The van der Waals surface area contributed by atoms with E-state index in [2.05, 4.69) is 52.6 Å². The standard InChI is InChI=1S/C15H24OSi/c1-12(2)13-9-8-10-14(11-13)16-17(6,7)15(3,4)5/h8-11H,1H2,2-7H3. The fourth-order valence-electron chi connectivity index (χ4n) is 1.27. The second-order valence-corrected chi connectivity index (χ2v) is 10.9. The van der Waals surface area contributed by atoms with Gasteiger partial charge in [0.2, 0.25) is 8.32 Å². The van der Waals surface area contributed by atoms with Crippen molar-refractivity contribution in [1.82, 2.24) is 0 Å². The zero-order valence-corrected chi connectivity index (χ0v) is 12.9. The van der Waals surface area contributed by atoms with Gasteiger partial charge in [-0.2, -0.15) is 0 Å². The molecule has 1 aromatic carbocycles. The predicted molar refractivity (Wildman–Crippen MR) is 79.0 cm³/mol. The summed E-state index contributed by atoms with van der Waals surface area (Å²) in [6.45, 7) is 17.3. The van der Waals surface area contributed by atoms with Crippen LogP contribution in [0.15, 0.2) is 30.8 Å². The van der Waals surface area contributed by atoms with Gasteiger partial charge >= 0.3 is 0 Å². The molecular weight excluding hydrogens is 224 g/mol. The number of hydrogen-bond acceptors (Lipinski definition) is 1. The van der Waals surface area contributed by atoms with E-state index in [4.69, 9.17) is 4.43 Å². The molecule has 0 saturated heterocycles. The van der Waals surface area contributed by atoms with Crippen molar-refractivity contribution in [2.24, 2.45) is 0 Å². The summed E-state index contributed by atoms with van der Waals surface area (Å²) in [5.74, 6) is 0.970. The SMILES string of the molecule is C=C(C)c1cccc(O[Si](C)(C)C(C)(C)C)c1. The molecule has 1 nitrogen and oxygen atoms in total. The molecule has 0 aliphatic heterocycles. The van der Waals surface area contributed by atoms with Crippen LogP contribution in [-0.4, -0.2) is 8.32 Å². The summed E-state index contributed by atoms with van der Waals surface area (Å²) in [5, 5.41) is 0.228. The molecule has 0 radical (unpaired) electrons. The van der Waals surface area contributed by atoms with Gasteiger partial charge in [-0.25, -0.2) is 0 Å². The van der Waals surface area contributed by atoms with Gasteiger partial charge in [-0.1, -0.05) is 45.1 Å². The van der Waals surface area contributed by atoms with E-state index in [1.54, 1.807) is 0 Å². The monoisotopic (exact) mass is 248 g/mol. The largest absolute Gasteiger partial charge is 0.543 e. The van der Waals surface area contributed by atoms with Crippen LogP contribution in [0.3, 0.4) is 0 Å². The van der Waals surface area contributed by atoms with Crippen molar-refractivity contribution < 1.29 is 4.43 Å². The molecule has 0 atom stereocenters. The molecule has 0 aliphatic rings. The van der Waals surface area contributed by atoms with Gasteiger partial charge in [-0.15, -0.1) is 0 Å². The Bertz CT molecular complexity index is 413. The second kappa shape index (κ2) is 4.69. The summed E-state index contributed by atoms with van der Waals surface area (Å²) in [5.41, 5.74) is 2.23. The van der Waals surface area contributed by atoms with Gasteiger partial charge in [0.1, 0.15) is 5.75 Å². The van der Waals surface area contributed by atoms with Crippen LogP contribution in [0, 0.1) is 0 Å². The molecule has 2 heteroatoms. The number of allylic oxidation sites excluding steroid dienone is 1. The van der Waals surface area contributed by atoms with E-state index in [-0.39, 0.29) is 5.04 Å². The number of rotatable bonds is 3. The predicted octanol–water partition coefficient (Wildman–Crippen LogP) is 5.10. The summed E-state index contributed by atoms with van der Waals surface area (Å²) >= 11 is 0. The Morgan fingerprint density at radius 3 is 2.29 bits per heavy atom. The third kappa shape index (κ3) is 3.47. The van der Waals surface area contributed by atoms with E-state index in [0.717, 1.165) is 16.9 Å². The van der Waals surface area contributed by atoms with Crippen LogP contribution in [0.2, 0.25) is 18.1 Å². The summed E-state index contributed by atoms with van der Waals surface area (Å²) < 4.78 is 6.25. The molecule has 0 unspecified atom stereocenters. The molecule has 0 heterocycles. The van der Waals surface area contributed by atoms with Crippen LogP contribution in [0.1, 0.15) is 33.3 Å². The van der Waals surface area contributed by atoms with Crippen LogP contribution >= 0.6 is 0 Å². The number of benzene rings is 1. The molecule has 17 heavy (non-hydrogen) atoms. The first kappa shape index (κ1) is 14.0. The van der Waals surface area contributed by atoms with Gasteiger partial charge in [-0.3, -0.25) is 0 Å². The van der Waals surface area contributed by atoms with Gasteiger partial charge in [0.15, 0.2) is 0 Å². The Kier molecular flexibility index (Phi) is 3.87. The number of hydrogen-bond donors (Lipinski definition) is 0. The topological polar surface area (TPSA) is 9.23 Å². The van der Waals surface area contributed by atoms with Crippen LogP contribution in [-0.2, 0) is 0 Å². The fourth-order valence-corrected chi connectivity index (χ4v) is 2.30. The normalized spacial score (nSPS) is 12.4. The molecule has 0 aromatic heterocycles. The Hall–Kier alpha value is -1.02. The molecule has 0 aliphatic carbocycles. The average Bonchev–Trinajstić information content (AvgIpc) is 2.15. The van der Waals surface area contributed by atoms with Crippen LogP contribution < -0.4 is 4.43 Å². The van der Waals surface area contributed by atoms with E-state index >= 15 is 0 Å². The summed E-state index contributed by atoms with van der Waals surface area (Å²) in [7, 11) is -1.73. The molecule has 0 saturated carbocycles. The molecule has 0 spiro atoms. The Morgan fingerprint density at radius 2 is 1.82 bits per heavy atom. The maximum Gasteiger partial charge on any atom is 0.250 e. The highest BCUT2D eigenvalue weighted by atomic mass is 28.4. The first-order chi connectivity index (χ1) is 7.63. The minimum Gasteiger partial charge on any atom is -0.543 e. The van der Waals surface area contributed by atoms with Gasteiger partial charge in [0.25, 0.3) is 0 Å². The maximum atomic E-state index is 6.25. The highest BCUT2D eigenvalue weighted by molar-refractivity contribution is 6.74. The van der Waals surface area contributed by atoms with E-state index in [0.29, 0.717) is 0 Å². The van der Waals surface area contributed by atoms with Gasteiger partial charge < -0.3 is 4.43 Å². The van der Waals surface area contributed by atoms with Crippen molar-refractivity contribution in [2.75, 3.05) is 0 Å². The zero-order chi connectivity index (χ0) is 13.3.